The second kappa shape index (κ2) is 6.06. The summed E-state index contributed by atoms with van der Waals surface area (Å²) in [6, 6.07) is 16.6. The van der Waals surface area contributed by atoms with E-state index in [0.717, 1.165) is 16.7 Å². The lowest BCUT2D eigenvalue weighted by atomic mass is 10.1. The Kier molecular flexibility index (Phi) is 4.40. The van der Waals surface area contributed by atoms with Crippen LogP contribution in [0.4, 0.5) is 0 Å². The summed E-state index contributed by atoms with van der Waals surface area (Å²) in [5.74, 6) is 0.0871. The predicted molar refractivity (Wildman–Crippen MR) is 83.3 cm³/mol. The number of benzene rings is 2. The van der Waals surface area contributed by atoms with E-state index in [1.807, 2.05) is 49.4 Å². The van der Waals surface area contributed by atoms with Gasteiger partial charge in [-0.1, -0.05) is 54.6 Å². The molecule has 0 bridgehead atoms. The van der Waals surface area contributed by atoms with E-state index < -0.39 is 9.84 Å². The summed E-state index contributed by atoms with van der Waals surface area (Å²) in [4.78, 5) is 0.379. The third-order valence-corrected chi connectivity index (χ3v) is 4.97. The maximum atomic E-state index is 12.2. The Labute approximate surface area is 120 Å². The zero-order valence-corrected chi connectivity index (χ0v) is 12.4. The van der Waals surface area contributed by atoms with Crippen molar-refractivity contribution < 1.29 is 8.42 Å². The summed E-state index contributed by atoms with van der Waals surface area (Å²) >= 11 is 0. The molecule has 0 aliphatic carbocycles. The van der Waals surface area contributed by atoms with Crippen LogP contribution < -0.4 is 0 Å². The Balaban J connectivity index is 2.06. The van der Waals surface area contributed by atoms with E-state index in [9.17, 15) is 8.42 Å². The molecule has 0 unspecified atom stereocenters. The molecule has 0 N–H and O–H groups in total. The quantitative estimate of drug-likeness (QED) is 0.836. The molecule has 104 valence electrons. The Morgan fingerprint density at radius 1 is 1.00 bits per heavy atom. The van der Waals surface area contributed by atoms with Crippen LogP contribution in [0.3, 0.4) is 0 Å². The number of rotatable bonds is 5. The van der Waals surface area contributed by atoms with Gasteiger partial charge in [-0.3, -0.25) is 0 Å². The van der Waals surface area contributed by atoms with Crippen LogP contribution in [0.5, 0.6) is 0 Å². The topological polar surface area (TPSA) is 34.1 Å². The average Bonchev–Trinajstić information content (AvgIpc) is 2.46. The molecule has 0 saturated carbocycles. The first-order valence-corrected chi connectivity index (χ1v) is 8.17. The monoisotopic (exact) mass is 286 g/mol. The molecule has 0 saturated heterocycles. The Morgan fingerprint density at radius 2 is 1.60 bits per heavy atom. The Morgan fingerprint density at radius 3 is 2.20 bits per heavy atom. The summed E-state index contributed by atoms with van der Waals surface area (Å²) in [6.07, 6.45) is 0.445. The van der Waals surface area contributed by atoms with Gasteiger partial charge in [-0.2, -0.15) is 0 Å². The first kappa shape index (κ1) is 14.5. The molecule has 0 radical (unpaired) electrons. The standard InChI is InChI=1S/C17H18O2S/c1-14-8-10-17(11-9-14)20(18,19)13-12-15(2)16-6-4-3-5-7-16/h3-11H,2,12-13H2,1H3. The first-order chi connectivity index (χ1) is 9.49. The van der Waals surface area contributed by atoms with Crippen LogP contribution in [0, 0.1) is 6.92 Å². The number of hydrogen-bond donors (Lipinski definition) is 0. The molecule has 0 aliphatic rings. The minimum atomic E-state index is -3.24. The molecule has 2 rings (SSSR count). The van der Waals surface area contributed by atoms with Crippen LogP contribution in [-0.2, 0) is 9.84 Å². The van der Waals surface area contributed by atoms with Crippen LogP contribution in [0.15, 0.2) is 66.1 Å². The van der Waals surface area contributed by atoms with E-state index in [0.29, 0.717) is 11.3 Å². The van der Waals surface area contributed by atoms with Gasteiger partial charge in [0.1, 0.15) is 0 Å². The van der Waals surface area contributed by atoms with Gasteiger partial charge in [0.2, 0.25) is 0 Å². The fraction of sp³-hybridized carbons (Fsp3) is 0.176. The van der Waals surface area contributed by atoms with Crippen LogP contribution in [-0.4, -0.2) is 14.2 Å². The van der Waals surface area contributed by atoms with Gasteiger partial charge in [0, 0.05) is 0 Å². The third kappa shape index (κ3) is 3.58. The lowest BCUT2D eigenvalue weighted by Crippen LogP contribution is -2.07. The van der Waals surface area contributed by atoms with Gasteiger partial charge < -0.3 is 0 Å². The molecule has 0 aliphatic heterocycles. The van der Waals surface area contributed by atoms with Gasteiger partial charge in [0.05, 0.1) is 10.6 Å². The lowest BCUT2D eigenvalue weighted by Gasteiger charge is -2.07. The van der Waals surface area contributed by atoms with Gasteiger partial charge in [0.15, 0.2) is 9.84 Å². The molecule has 3 heteroatoms. The molecule has 2 nitrogen and oxygen atoms in total. The van der Waals surface area contributed by atoms with Crippen molar-refractivity contribution in [1.82, 2.24) is 0 Å². The van der Waals surface area contributed by atoms with Gasteiger partial charge in [0.25, 0.3) is 0 Å². The number of hydrogen-bond acceptors (Lipinski definition) is 2. The zero-order valence-electron chi connectivity index (χ0n) is 11.5. The highest BCUT2D eigenvalue weighted by atomic mass is 32.2. The first-order valence-electron chi connectivity index (χ1n) is 6.52. The van der Waals surface area contributed by atoms with Crippen molar-refractivity contribution in [2.24, 2.45) is 0 Å². The minimum absolute atomic E-state index is 0.0871. The molecule has 0 spiro atoms. The Bertz CT molecular complexity index is 684. The molecule has 2 aromatic rings. The van der Waals surface area contributed by atoms with E-state index in [-0.39, 0.29) is 5.75 Å². The van der Waals surface area contributed by atoms with Gasteiger partial charge in [-0.05, 0) is 36.6 Å². The predicted octanol–water partition coefficient (Wildman–Crippen LogP) is 3.87. The summed E-state index contributed by atoms with van der Waals surface area (Å²) in [7, 11) is -3.24. The highest BCUT2D eigenvalue weighted by Crippen LogP contribution is 2.19. The van der Waals surface area contributed by atoms with Crippen molar-refractivity contribution in [2.45, 2.75) is 18.2 Å². The van der Waals surface area contributed by atoms with Crippen molar-refractivity contribution in [3.05, 3.63) is 72.3 Å². The fourth-order valence-corrected chi connectivity index (χ4v) is 3.24. The van der Waals surface area contributed by atoms with Crippen LogP contribution in [0.25, 0.3) is 5.57 Å². The van der Waals surface area contributed by atoms with Crippen LogP contribution in [0.1, 0.15) is 17.5 Å². The maximum absolute atomic E-state index is 12.2. The summed E-state index contributed by atoms with van der Waals surface area (Å²) < 4.78 is 24.5. The molecular formula is C17H18O2S. The fourth-order valence-electron chi connectivity index (χ4n) is 1.94. The van der Waals surface area contributed by atoms with Crippen molar-refractivity contribution in [1.29, 1.82) is 0 Å². The van der Waals surface area contributed by atoms with Gasteiger partial charge >= 0.3 is 0 Å². The van der Waals surface area contributed by atoms with Crippen LogP contribution >= 0.6 is 0 Å². The van der Waals surface area contributed by atoms with E-state index >= 15 is 0 Å². The van der Waals surface area contributed by atoms with Crippen molar-refractivity contribution in [2.75, 3.05) is 5.75 Å². The van der Waals surface area contributed by atoms with E-state index in [2.05, 4.69) is 6.58 Å². The number of sulfone groups is 1. The van der Waals surface area contributed by atoms with Crippen molar-refractivity contribution in [3.63, 3.8) is 0 Å². The van der Waals surface area contributed by atoms with Crippen molar-refractivity contribution in [3.8, 4) is 0 Å². The molecule has 0 heterocycles. The molecular weight excluding hydrogens is 268 g/mol. The van der Waals surface area contributed by atoms with Gasteiger partial charge in [-0.15, -0.1) is 0 Å². The summed E-state index contributed by atoms with van der Waals surface area (Å²) in [5, 5.41) is 0. The highest BCUT2D eigenvalue weighted by Gasteiger charge is 2.14. The smallest absolute Gasteiger partial charge is 0.178 e. The lowest BCUT2D eigenvalue weighted by molar-refractivity contribution is 0.596. The molecule has 2 aromatic carbocycles. The number of aryl methyl sites for hydroxylation is 1. The second-order valence-corrected chi connectivity index (χ2v) is 6.96. The average molecular weight is 286 g/mol. The number of allylic oxidation sites excluding steroid dienone is 1. The Hall–Kier alpha value is -1.87. The molecule has 0 fully saturated rings. The zero-order chi connectivity index (χ0) is 14.6. The van der Waals surface area contributed by atoms with E-state index in [4.69, 9.17) is 0 Å². The highest BCUT2D eigenvalue weighted by molar-refractivity contribution is 7.91. The van der Waals surface area contributed by atoms with E-state index in [1.54, 1.807) is 12.1 Å². The molecule has 0 aromatic heterocycles. The normalized spacial score (nSPS) is 11.2. The molecule has 0 atom stereocenters. The summed E-state index contributed by atoms with van der Waals surface area (Å²) in [5.41, 5.74) is 2.89. The van der Waals surface area contributed by atoms with Crippen LogP contribution in [0.2, 0.25) is 0 Å². The second-order valence-electron chi connectivity index (χ2n) is 4.85. The maximum Gasteiger partial charge on any atom is 0.178 e. The largest absolute Gasteiger partial charge is 0.224 e. The van der Waals surface area contributed by atoms with Crippen molar-refractivity contribution >= 4 is 15.4 Å². The minimum Gasteiger partial charge on any atom is -0.224 e. The molecule has 0 amide bonds. The molecule has 20 heavy (non-hydrogen) atoms. The SMILES string of the molecule is C=C(CCS(=O)(=O)c1ccc(C)cc1)c1ccccc1. The van der Waals surface area contributed by atoms with Gasteiger partial charge in [-0.25, -0.2) is 8.42 Å². The van der Waals surface area contributed by atoms with E-state index in [1.165, 1.54) is 0 Å². The third-order valence-electron chi connectivity index (χ3n) is 3.23. The summed E-state index contributed by atoms with van der Waals surface area (Å²) in [6.45, 7) is 5.91.